The summed E-state index contributed by atoms with van der Waals surface area (Å²) in [6.07, 6.45) is 12.5. The van der Waals surface area contributed by atoms with E-state index in [1.807, 2.05) is 57.3 Å². The third kappa shape index (κ3) is 4.88. The van der Waals surface area contributed by atoms with Crippen molar-refractivity contribution in [3.8, 4) is 0 Å². The Morgan fingerprint density at radius 1 is 1.20 bits per heavy atom. The lowest BCUT2D eigenvalue weighted by Crippen LogP contribution is -2.17. The van der Waals surface area contributed by atoms with Gasteiger partial charge < -0.3 is 14.2 Å². The zero-order chi connectivity index (χ0) is 20.8. The number of hydrogen-bond donors (Lipinski definition) is 2. The molecule has 4 aromatic rings. The summed E-state index contributed by atoms with van der Waals surface area (Å²) in [6.45, 7) is 1.17. The number of anilines is 1. The van der Waals surface area contributed by atoms with Crippen LogP contribution in [0.15, 0.2) is 60.8 Å². The fraction of sp³-hybridized carbons (Fsp3) is 0.143. The number of carbonyl (C=O) groups excluding carboxylic acids is 1. The van der Waals surface area contributed by atoms with E-state index in [0.717, 1.165) is 17.0 Å². The van der Waals surface area contributed by atoms with Crippen molar-refractivity contribution >= 4 is 34.5 Å². The van der Waals surface area contributed by atoms with Crippen LogP contribution in [0.1, 0.15) is 27.4 Å². The van der Waals surface area contributed by atoms with Gasteiger partial charge in [0.25, 0.3) is 5.91 Å². The van der Waals surface area contributed by atoms with E-state index in [0.29, 0.717) is 23.9 Å². The number of rotatable bonds is 8. The average molecular weight is 420 g/mol. The highest BCUT2D eigenvalue weighted by atomic mass is 32.1. The van der Waals surface area contributed by atoms with E-state index in [-0.39, 0.29) is 12.5 Å². The van der Waals surface area contributed by atoms with E-state index in [2.05, 4.69) is 20.3 Å². The van der Waals surface area contributed by atoms with Gasteiger partial charge in [-0.3, -0.25) is 15.1 Å². The normalized spacial score (nSPS) is 11.2. The van der Waals surface area contributed by atoms with E-state index < -0.39 is 0 Å². The molecule has 0 aliphatic carbocycles. The van der Waals surface area contributed by atoms with Crippen molar-refractivity contribution in [2.45, 2.75) is 13.1 Å². The largest absolute Gasteiger partial charge is 0.395 e. The molecule has 0 aliphatic heterocycles. The van der Waals surface area contributed by atoms with Crippen molar-refractivity contribution in [3.05, 3.63) is 83.4 Å². The maximum atomic E-state index is 12.7. The molecule has 152 valence electrons. The van der Waals surface area contributed by atoms with Crippen LogP contribution in [0.5, 0.6) is 0 Å². The number of nitrogens with zero attached hydrogens (tertiary/aromatic N) is 5. The second-order valence-corrected chi connectivity index (χ2v) is 7.36. The van der Waals surface area contributed by atoms with Crippen LogP contribution in [0.3, 0.4) is 0 Å². The van der Waals surface area contributed by atoms with Crippen molar-refractivity contribution in [1.82, 2.24) is 24.1 Å². The third-order valence-electron chi connectivity index (χ3n) is 4.34. The van der Waals surface area contributed by atoms with Crippen LogP contribution in [0, 0.1) is 0 Å². The molecule has 0 atom stereocenters. The number of carbonyl (C=O) groups is 1. The monoisotopic (exact) mass is 420 g/mol. The molecule has 0 saturated heterocycles. The van der Waals surface area contributed by atoms with Gasteiger partial charge in [0.2, 0.25) is 0 Å². The smallest absolute Gasteiger partial charge is 0.274 e. The van der Waals surface area contributed by atoms with Crippen LogP contribution in [0.4, 0.5) is 5.13 Å². The summed E-state index contributed by atoms with van der Waals surface area (Å²) in [7, 11) is 0. The van der Waals surface area contributed by atoms with Gasteiger partial charge in [-0.25, -0.2) is 9.97 Å². The quantitative estimate of drug-likeness (QED) is 0.457. The first-order chi connectivity index (χ1) is 14.7. The number of imidazole rings is 1. The number of aliphatic hydroxyl groups excluding tert-OH is 1. The van der Waals surface area contributed by atoms with Gasteiger partial charge in [-0.15, -0.1) is 11.3 Å². The molecule has 1 amide bonds. The predicted octanol–water partition coefficient (Wildman–Crippen LogP) is 3.00. The maximum Gasteiger partial charge on any atom is 0.274 e. The minimum absolute atomic E-state index is 0.0700. The summed E-state index contributed by atoms with van der Waals surface area (Å²) in [6, 6.07) is 7.48. The molecule has 0 aliphatic rings. The molecule has 0 aromatic carbocycles. The van der Waals surface area contributed by atoms with Crippen LogP contribution in [0.25, 0.3) is 12.2 Å². The number of nitrogens with one attached hydrogen (secondary N) is 1. The lowest BCUT2D eigenvalue weighted by molar-refractivity contribution is 0.101. The number of aromatic nitrogens is 5. The molecule has 0 saturated carbocycles. The summed E-state index contributed by atoms with van der Waals surface area (Å²) in [5, 5.41) is 14.2. The van der Waals surface area contributed by atoms with Crippen LogP contribution >= 0.6 is 11.3 Å². The molecular weight excluding hydrogens is 400 g/mol. The Kier molecular flexibility index (Phi) is 6.11. The van der Waals surface area contributed by atoms with E-state index in [1.54, 1.807) is 24.8 Å². The number of amides is 1. The van der Waals surface area contributed by atoms with Gasteiger partial charge in [-0.2, -0.15) is 0 Å². The minimum Gasteiger partial charge on any atom is -0.395 e. The highest BCUT2D eigenvalue weighted by Crippen LogP contribution is 2.19. The number of pyridine rings is 1. The minimum atomic E-state index is -0.207. The number of hydrogen-bond acceptors (Lipinski definition) is 6. The summed E-state index contributed by atoms with van der Waals surface area (Å²) >= 11 is 1.36. The SMILES string of the molecule is O=C(Nc1nc(/C=C/c2cn(CCO)cn2)cs1)c1cccn1Cc1ccncc1. The van der Waals surface area contributed by atoms with Gasteiger partial charge in [0.1, 0.15) is 5.69 Å². The Morgan fingerprint density at radius 3 is 2.87 bits per heavy atom. The molecule has 2 N–H and O–H groups in total. The van der Waals surface area contributed by atoms with E-state index in [4.69, 9.17) is 5.11 Å². The van der Waals surface area contributed by atoms with Gasteiger partial charge in [0.05, 0.1) is 24.3 Å². The molecule has 0 spiro atoms. The first kappa shape index (κ1) is 19.7. The van der Waals surface area contributed by atoms with Crippen LogP contribution in [-0.2, 0) is 13.1 Å². The maximum absolute atomic E-state index is 12.7. The molecule has 4 aromatic heterocycles. The van der Waals surface area contributed by atoms with Gasteiger partial charge >= 0.3 is 0 Å². The second kappa shape index (κ2) is 9.29. The highest BCUT2D eigenvalue weighted by Gasteiger charge is 2.13. The molecule has 4 heterocycles. The molecule has 8 nitrogen and oxygen atoms in total. The van der Waals surface area contributed by atoms with Crippen molar-refractivity contribution in [2.75, 3.05) is 11.9 Å². The Bertz CT molecular complexity index is 1150. The van der Waals surface area contributed by atoms with E-state index >= 15 is 0 Å². The Hall–Kier alpha value is -3.56. The number of thiazole rings is 1. The van der Waals surface area contributed by atoms with Crippen LogP contribution < -0.4 is 5.32 Å². The predicted molar refractivity (Wildman–Crippen MR) is 116 cm³/mol. The first-order valence-electron chi connectivity index (χ1n) is 9.33. The van der Waals surface area contributed by atoms with Gasteiger partial charge in [0.15, 0.2) is 5.13 Å². The fourth-order valence-corrected chi connectivity index (χ4v) is 3.57. The average Bonchev–Trinajstić information content (AvgIpc) is 3.49. The fourth-order valence-electron chi connectivity index (χ4n) is 2.90. The zero-order valence-corrected chi connectivity index (χ0v) is 16.9. The summed E-state index contributed by atoms with van der Waals surface area (Å²) in [5.41, 5.74) is 3.14. The van der Waals surface area contributed by atoms with Crippen LogP contribution in [0.2, 0.25) is 0 Å². The summed E-state index contributed by atoms with van der Waals surface area (Å²) in [4.78, 5) is 25.4. The van der Waals surface area contributed by atoms with Gasteiger partial charge in [-0.05, 0) is 42.0 Å². The summed E-state index contributed by atoms with van der Waals surface area (Å²) < 4.78 is 3.70. The Morgan fingerprint density at radius 2 is 2.03 bits per heavy atom. The topological polar surface area (TPSA) is 97.9 Å². The Balaban J connectivity index is 1.40. The first-order valence-corrected chi connectivity index (χ1v) is 10.2. The van der Waals surface area contributed by atoms with Crippen molar-refractivity contribution < 1.29 is 9.90 Å². The molecule has 0 fully saturated rings. The molecule has 0 radical (unpaired) electrons. The van der Waals surface area contributed by atoms with E-state index in [9.17, 15) is 4.79 Å². The lowest BCUT2D eigenvalue weighted by atomic mass is 10.2. The molecule has 30 heavy (non-hydrogen) atoms. The third-order valence-corrected chi connectivity index (χ3v) is 5.12. The molecule has 0 bridgehead atoms. The number of aliphatic hydroxyl groups is 1. The molecular formula is C21H20N6O2S. The second-order valence-electron chi connectivity index (χ2n) is 6.50. The van der Waals surface area contributed by atoms with E-state index in [1.165, 1.54) is 11.3 Å². The molecule has 9 heteroatoms. The van der Waals surface area contributed by atoms with Crippen molar-refractivity contribution in [3.63, 3.8) is 0 Å². The Labute approximate surface area is 177 Å². The zero-order valence-electron chi connectivity index (χ0n) is 16.0. The van der Waals surface area contributed by atoms with Crippen LogP contribution in [-0.4, -0.2) is 41.7 Å². The summed E-state index contributed by atoms with van der Waals surface area (Å²) in [5.74, 6) is -0.207. The van der Waals surface area contributed by atoms with Gasteiger partial charge in [0, 0.05) is 43.3 Å². The molecule has 0 unspecified atom stereocenters. The van der Waals surface area contributed by atoms with Gasteiger partial charge in [-0.1, -0.05) is 0 Å². The van der Waals surface area contributed by atoms with Crippen molar-refractivity contribution in [1.29, 1.82) is 0 Å². The highest BCUT2D eigenvalue weighted by molar-refractivity contribution is 7.14. The lowest BCUT2D eigenvalue weighted by Gasteiger charge is -2.08. The van der Waals surface area contributed by atoms with Crippen molar-refractivity contribution in [2.24, 2.45) is 0 Å². The standard InChI is InChI=1S/C21H20N6O2S/c28-11-10-26-13-17(23-15-26)3-4-18-14-30-21(24-18)25-20(29)19-2-1-9-27(19)12-16-5-7-22-8-6-16/h1-9,13-15,28H,10-12H2,(H,24,25,29)/b4-3+. The molecule has 4 rings (SSSR count).